The summed E-state index contributed by atoms with van der Waals surface area (Å²) in [5.41, 5.74) is 4.28. The Bertz CT molecular complexity index is 912. The summed E-state index contributed by atoms with van der Waals surface area (Å²) < 4.78 is 0. The highest BCUT2D eigenvalue weighted by Crippen LogP contribution is 2.40. The zero-order valence-electron chi connectivity index (χ0n) is 16.6. The van der Waals surface area contributed by atoms with Crippen LogP contribution in [-0.2, 0) is 9.59 Å². The molecule has 0 bridgehead atoms. The highest BCUT2D eigenvalue weighted by Gasteiger charge is 2.34. The quantitative estimate of drug-likeness (QED) is 0.483. The topological polar surface area (TPSA) is 52.7 Å². The van der Waals surface area contributed by atoms with Crippen LogP contribution in [0.15, 0.2) is 29.8 Å². The van der Waals surface area contributed by atoms with Crippen molar-refractivity contribution in [2.75, 3.05) is 11.9 Å². The number of likely N-dealkylation sites (N-methyl/N-ethyl adjacent to an activating group) is 1. The molecule has 0 spiro atoms. The number of carbonyl (C=O) groups is 2. The lowest BCUT2D eigenvalue weighted by atomic mass is 9.86. The van der Waals surface area contributed by atoms with Crippen molar-refractivity contribution >= 4 is 46.5 Å². The van der Waals surface area contributed by atoms with Gasteiger partial charge in [-0.05, 0) is 76.2 Å². The van der Waals surface area contributed by atoms with E-state index in [1.165, 1.54) is 10.5 Å². The molecule has 2 aliphatic rings. The molecule has 0 saturated carbocycles. The van der Waals surface area contributed by atoms with E-state index in [9.17, 15) is 9.59 Å². The van der Waals surface area contributed by atoms with Crippen molar-refractivity contribution in [1.29, 1.82) is 0 Å². The van der Waals surface area contributed by atoms with Gasteiger partial charge in [0, 0.05) is 24.3 Å². The standard InChI is InChI=1S/C21H25N3O2S/c1-12(2)24-17-8-7-14(9-15(17)13(3)11-21(24,4)5)10-16-18(25)22-20(27)23(6)19(16)26/h7-12H,1-6H3,(H,22,25,27)/b16-10+. The Morgan fingerprint density at radius 3 is 2.52 bits per heavy atom. The molecule has 1 saturated heterocycles. The molecule has 1 fully saturated rings. The smallest absolute Gasteiger partial charge is 0.265 e. The van der Waals surface area contributed by atoms with E-state index in [-0.39, 0.29) is 16.2 Å². The summed E-state index contributed by atoms with van der Waals surface area (Å²) in [5, 5.41) is 2.67. The van der Waals surface area contributed by atoms with Gasteiger partial charge in [0.05, 0.1) is 5.54 Å². The van der Waals surface area contributed by atoms with Crippen molar-refractivity contribution in [2.24, 2.45) is 0 Å². The van der Waals surface area contributed by atoms with E-state index in [2.05, 4.69) is 57.0 Å². The largest absolute Gasteiger partial charge is 0.360 e. The maximum Gasteiger partial charge on any atom is 0.265 e. The lowest BCUT2D eigenvalue weighted by Gasteiger charge is -2.46. The highest BCUT2D eigenvalue weighted by atomic mass is 32.1. The number of thiocarbonyl (C=S) groups is 1. The normalized spacial score (nSPS) is 20.8. The third kappa shape index (κ3) is 3.30. The van der Waals surface area contributed by atoms with Crippen LogP contribution in [0.3, 0.4) is 0 Å². The van der Waals surface area contributed by atoms with Crippen LogP contribution in [0.1, 0.15) is 45.7 Å². The van der Waals surface area contributed by atoms with E-state index in [0.717, 1.165) is 16.8 Å². The summed E-state index contributed by atoms with van der Waals surface area (Å²) in [6.07, 6.45) is 3.89. The second-order valence-corrected chi connectivity index (χ2v) is 8.29. The molecule has 0 radical (unpaired) electrons. The summed E-state index contributed by atoms with van der Waals surface area (Å²) in [6, 6.07) is 6.39. The predicted molar refractivity (Wildman–Crippen MR) is 113 cm³/mol. The molecular formula is C21H25N3O2S. The summed E-state index contributed by atoms with van der Waals surface area (Å²) in [7, 11) is 1.56. The minimum Gasteiger partial charge on any atom is -0.360 e. The van der Waals surface area contributed by atoms with Crippen molar-refractivity contribution in [3.05, 3.63) is 41.0 Å². The molecule has 2 heterocycles. The molecule has 0 aromatic heterocycles. The zero-order valence-corrected chi connectivity index (χ0v) is 17.4. The maximum absolute atomic E-state index is 12.4. The third-order valence-corrected chi connectivity index (χ3v) is 5.40. The van der Waals surface area contributed by atoms with Crippen LogP contribution in [0.4, 0.5) is 5.69 Å². The maximum atomic E-state index is 12.4. The van der Waals surface area contributed by atoms with Gasteiger partial charge in [0.25, 0.3) is 11.8 Å². The molecule has 6 heteroatoms. The number of benzene rings is 1. The fourth-order valence-corrected chi connectivity index (χ4v) is 4.19. The summed E-state index contributed by atoms with van der Waals surface area (Å²) in [4.78, 5) is 28.3. The van der Waals surface area contributed by atoms with Crippen molar-refractivity contribution in [2.45, 2.75) is 46.2 Å². The molecule has 3 rings (SSSR count). The van der Waals surface area contributed by atoms with E-state index in [1.54, 1.807) is 13.1 Å². The number of hydrogen-bond donors (Lipinski definition) is 1. The summed E-state index contributed by atoms with van der Waals surface area (Å²) in [6.45, 7) is 10.9. The Labute approximate surface area is 165 Å². The average molecular weight is 384 g/mol. The first-order chi connectivity index (χ1) is 12.5. The summed E-state index contributed by atoms with van der Waals surface area (Å²) in [5.74, 6) is -0.850. The molecule has 1 aromatic carbocycles. The van der Waals surface area contributed by atoms with Gasteiger partial charge in [-0.1, -0.05) is 12.1 Å². The van der Waals surface area contributed by atoms with E-state index >= 15 is 0 Å². The molecule has 5 nitrogen and oxygen atoms in total. The van der Waals surface area contributed by atoms with Crippen LogP contribution in [0.5, 0.6) is 0 Å². The van der Waals surface area contributed by atoms with Gasteiger partial charge in [0.1, 0.15) is 5.57 Å². The molecule has 0 atom stereocenters. The first-order valence-corrected chi connectivity index (χ1v) is 9.42. The number of hydrogen-bond acceptors (Lipinski definition) is 4. The van der Waals surface area contributed by atoms with Crippen LogP contribution >= 0.6 is 12.2 Å². The predicted octanol–water partition coefficient (Wildman–Crippen LogP) is 3.35. The van der Waals surface area contributed by atoms with Gasteiger partial charge in [-0.2, -0.15) is 0 Å². The fraction of sp³-hybridized carbons (Fsp3) is 0.381. The number of amides is 2. The average Bonchev–Trinajstić information content (AvgIpc) is 2.56. The fourth-order valence-electron chi connectivity index (χ4n) is 4.01. The monoisotopic (exact) mass is 383 g/mol. The first kappa shape index (κ1) is 19.3. The Balaban J connectivity index is 2.07. The lowest BCUT2D eigenvalue weighted by Crippen LogP contribution is -2.52. The molecule has 1 aromatic rings. The number of nitrogens with one attached hydrogen (secondary N) is 1. The number of allylic oxidation sites excluding steroid dienone is 1. The van der Waals surface area contributed by atoms with E-state index in [4.69, 9.17) is 12.2 Å². The number of carbonyl (C=O) groups excluding carboxylic acids is 2. The van der Waals surface area contributed by atoms with Gasteiger partial charge in [-0.15, -0.1) is 0 Å². The Hall–Kier alpha value is -2.47. The van der Waals surface area contributed by atoms with Gasteiger partial charge in [0.2, 0.25) is 0 Å². The van der Waals surface area contributed by atoms with Gasteiger partial charge in [-0.25, -0.2) is 0 Å². The van der Waals surface area contributed by atoms with Crippen LogP contribution in [-0.4, -0.2) is 40.5 Å². The van der Waals surface area contributed by atoms with Crippen molar-refractivity contribution < 1.29 is 9.59 Å². The molecule has 0 unspecified atom stereocenters. The Kier molecular flexibility index (Phi) is 4.72. The van der Waals surface area contributed by atoms with Crippen LogP contribution in [0.2, 0.25) is 0 Å². The van der Waals surface area contributed by atoms with Crippen LogP contribution in [0, 0.1) is 0 Å². The highest BCUT2D eigenvalue weighted by molar-refractivity contribution is 7.80. The van der Waals surface area contributed by atoms with Crippen molar-refractivity contribution in [3.63, 3.8) is 0 Å². The number of fused-ring (bicyclic) bond motifs is 1. The number of nitrogens with zero attached hydrogens (tertiary/aromatic N) is 2. The lowest BCUT2D eigenvalue weighted by molar-refractivity contribution is -0.128. The van der Waals surface area contributed by atoms with E-state index < -0.39 is 11.8 Å². The third-order valence-electron chi connectivity index (χ3n) is 5.03. The second kappa shape index (κ2) is 6.60. The zero-order chi connectivity index (χ0) is 20.1. The second-order valence-electron chi connectivity index (χ2n) is 7.90. The number of anilines is 1. The molecular weight excluding hydrogens is 358 g/mol. The van der Waals surface area contributed by atoms with Crippen molar-refractivity contribution in [3.8, 4) is 0 Å². The van der Waals surface area contributed by atoms with E-state index in [1.807, 2.05) is 12.1 Å². The van der Waals surface area contributed by atoms with Gasteiger partial charge >= 0.3 is 0 Å². The Morgan fingerprint density at radius 2 is 1.89 bits per heavy atom. The molecule has 2 amide bonds. The SMILES string of the molecule is CC1=CC(C)(C)N(C(C)C)c2ccc(/C=C3\C(=O)NC(=S)N(C)C3=O)cc21. The minimum absolute atomic E-state index is 0.0805. The first-order valence-electron chi connectivity index (χ1n) is 9.01. The molecule has 27 heavy (non-hydrogen) atoms. The molecule has 2 aliphatic heterocycles. The van der Waals surface area contributed by atoms with Crippen LogP contribution in [0.25, 0.3) is 11.6 Å². The molecule has 0 aliphatic carbocycles. The molecule has 1 N–H and O–H groups in total. The van der Waals surface area contributed by atoms with Crippen LogP contribution < -0.4 is 10.2 Å². The van der Waals surface area contributed by atoms with Gasteiger partial charge in [-0.3, -0.25) is 19.8 Å². The van der Waals surface area contributed by atoms with Gasteiger partial charge in [0.15, 0.2) is 5.11 Å². The number of rotatable bonds is 2. The minimum atomic E-state index is -0.460. The van der Waals surface area contributed by atoms with Crippen molar-refractivity contribution in [1.82, 2.24) is 10.2 Å². The Morgan fingerprint density at radius 1 is 1.22 bits per heavy atom. The van der Waals surface area contributed by atoms with E-state index in [0.29, 0.717) is 6.04 Å². The molecule has 142 valence electrons. The van der Waals surface area contributed by atoms with Gasteiger partial charge < -0.3 is 4.90 Å². The summed E-state index contributed by atoms with van der Waals surface area (Å²) >= 11 is 4.99.